The summed E-state index contributed by atoms with van der Waals surface area (Å²) in [7, 11) is 0. The van der Waals surface area contributed by atoms with E-state index in [0.717, 1.165) is 12.8 Å². The minimum atomic E-state index is -0.0449. The lowest BCUT2D eigenvalue weighted by Gasteiger charge is -2.02. The van der Waals surface area contributed by atoms with E-state index in [2.05, 4.69) is 41.3 Å². The van der Waals surface area contributed by atoms with E-state index in [9.17, 15) is 0 Å². The summed E-state index contributed by atoms with van der Waals surface area (Å²) >= 11 is 0. The second-order valence-electron chi connectivity index (χ2n) is 5.40. The van der Waals surface area contributed by atoms with E-state index < -0.39 is 0 Å². The van der Waals surface area contributed by atoms with Crippen LogP contribution in [0.2, 0.25) is 0 Å². The Labute approximate surface area is 113 Å². The molecule has 100 valence electrons. The maximum atomic E-state index is 6.06. The second-order valence-corrected chi connectivity index (χ2v) is 5.40. The van der Waals surface area contributed by atoms with Crippen molar-refractivity contribution in [3.63, 3.8) is 0 Å². The van der Waals surface area contributed by atoms with Crippen molar-refractivity contribution in [3.05, 3.63) is 47.1 Å². The number of aromatic nitrogens is 2. The molecule has 1 heterocycles. The van der Waals surface area contributed by atoms with E-state index in [1.807, 2.05) is 0 Å². The maximum Gasteiger partial charge on any atom is 0.227 e. The van der Waals surface area contributed by atoms with E-state index in [1.165, 1.54) is 24.0 Å². The highest BCUT2D eigenvalue weighted by Crippen LogP contribution is 2.38. The summed E-state index contributed by atoms with van der Waals surface area (Å²) in [5.41, 5.74) is 8.63. The first-order valence-electron chi connectivity index (χ1n) is 6.86. The van der Waals surface area contributed by atoms with E-state index in [0.29, 0.717) is 17.6 Å². The molecule has 3 rings (SSSR count). The molecule has 2 N–H and O–H groups in total. The third-order valence-corrected chi connectivity index (χ3v) is 3.62. The lowest BCUT2D eigenvalue weighted by molar-refractivity contribution is 0.367. The first kappa shape index (κ1) is 12.4. The van der Waals surface area contributed by atoms with Crippen molar-refractivity contribution >= 4 is 0 Å². The zero-order valence-corrected chi connectivity index (χ0v) is 11.2. The predicted molar refractivity (Wildman–Crippen MR) is 72.5 cm³/mol. The van der Waals surface area contributed by atoms with Crippen LogP contribution < -0.4 is 5.73 Å². The quantitative estimate of drug-likeness (QED) is 0.894. The average molecular weight is 257 g/mol. The van der Waals surface area contributed by atoms with Gasteiger partial charge in [0.05, 0.1) is 6.04 Å². The highest BCUT2D eigenvalue weighted by atomic mass is 16.5. The van der Waals surface area contributed by atoms with Gasteiger partial charge in [0.1, 0.15) is 0 Å². The molecule has 1 fully saturated rings. The predicted octanol–water partition coefficient (Wildman–Crippen LogP) is 2.57. The lowest BCUT2D eigenvalue weighted by atomic mass is 10.1. The normalized spacial score (nSPS) is 16.5. The molecule has 4 nitrogen and oxygen atoms in total. The van der Waals surface area contributed by atoms with Crippen LogP contribution in [0.4, 0.5) is 0 Å². The molecule has 19 heavy (non-hydrogen) atoms. The summed E-state index contributed by atoms with van der Waals surface area (Å²) in [4.78, 5) is 4.41. The van der Waals surface area contributed by atoms with Crippen LogP contribution in [0.25, 0.3) is 0 Å². The number of rotatable bonds is 5. The van der Waals surface area contributed by atoms with Gasteiger partial charge in [-0.25, -0.2) is 0 Å². The van der Waals surface area contributed by atoms with Gasteiger partial charge in [-0.05, 0) is 37.7 Å². The van der Waals surface area contributed by atoms with Crippen LogP contribution >= 0.6 is 0 Å². The smallest absolute Gasteiger partial charge is 0.227 e. The molecule has 1 saturated carbocycles. The molecular formula is C15H19N3O. The SMILES string of the molecule is Cc1cccc(CCc2nc(C(N)C3CC3)no2)c1. The molecule has 0 spiro atoms. The topological polar surface area (TPSA) is 64.9 Å². The summed E-state index contributed by atoms with van der Waals surface area (Å²) in [5, 5.41) is 4.00. The van der Waals surface area contributed by atoms with Crippen LogP contribution in [0.5, 0.6) is 0 Å². The fourth-order valence-corrected chi connectivity index (χ4v) is 2.29. The van der Waals surface area contributed by atoms with Gasteiger partial charge in [-0.2, -0.15) is 4.98 Å². The largest absolute Gasteiger partial charge is 0.339 e. The summed E-state index contributed by atoms with van der Waals surface area (Å²) in [5.74, 6) is 1.91. The number of hydrogen-bond acceptors (Lipinski definition) is 4. The van der Waals surface area contributed by atoms with Crippen LogP contribution in [0.1, 0.15) is 41.7 Å². The van der Waals surface area contributed by atoms with E-state index >= 15 is 0 Å². The molecule has 0 saturated heterocycles. The van der Waals surface area contributed by atoms with Gasteiger partial charge in [0, 0.05) is 6.42 Å². The van der Waals surface area contributed by atoms with Crippen LogP contribution in [0, 0.1) is 12.8 Å². The number of hydrogen-bond donors (Lipinski definition) is 1. The number of nitrogens with zero attached hydrogens (tertiary/aromatic N) is 2. The zero-order valence-electron chi connectivity index (χ0n) is 11.2. The van der Waals surface area contributed by atoms with Crippen LogP contribution in [0.15, 0.2) is 28.8 Å². The Balaban J connectivity index is 1.61. The van der Waals surface area contributed by atoms with Gasteiger partial charge in [-0.15, -0.1) is 0 Å². The van der Waals surface area contributed by atoms with Crippen LogP contribution in [0.3, 0.4) is 0 Å². The zero-order chi connectivity index (χ0) is 13.2. The van der Waals surface area contributed by atoms with Crippen molar-refractivity contribution in [3.8, 4) is 0 Å². The van der Waals surface area contributed by atoms with Crippen molar-refractivity contribution < 1.29 is 4.52 Å². The van der Waals surface area contributed by atoms with Crippen molar-refractivity contribution in [2.75, 3.05) is 0 Å². The van der Waals surface area contributed by atoms with Gasteiger partial charge >= 0.3 is 0 Å². The molecule has 1 aliphatic rings. The molecule has 0 aliphatic heterocycles. The van der Waals surface area contributed by atoms with Crippen molar-refractivity contribution in [1.29, 1.82) is 0 Å². The number of aryl methyl sites for hydroxylation is 3. The van der Waals surface area contributed by atoms with E-state index in [-0.39, 0.29) is 6.04 Å². The van der Waals surface area contributed by atoms with E-state index in [4.69, 9.17) is 10.3 Å². The number of nitrogens with two attached hydrogens (primary N) is 1. The fraction of sp³-hybridized carbons (Fsp3) is 0.467. The Bertz CT molecular complexity index is 560. The standard InChI is InChI=1S/C15H19N3O/c1-10-3-2-4-11(9-10)5-8-13-17-15(18-19-13)14(16)12-6-7-12/h2-4,9,12,14H,5-8,16H2,1H3. The molecule has 1 aromatic carbocycles. The first-order chi connectivity index (χ1) is 9.22. The molecule has 1 aliphatic carbocycles. The Kier molecular flexibility index (Phi) is 3.34. The highest BCUT2D eigenvalue weighted by Gasteiger charge is 2.32. The Morgan fingerprint density at radius 3 is 2.95 bits per heavy atom. The third kappa shape index (κ3) is 3.01. The highest BCUT2D eigenvalue weighted by molar-refractivity contribution is 5.22. The Morgan fingerprint density at radius 1 is 1.37 bits per heavy atom. The fourth-order valence-electron chi connectivity index (χ4n) is 2.29. The van der Waals surface area contributed by atoms with Gasteiger partial charge in [0.25, 0.3) is 0 Å². The Morgan fingerprint density at radius 2 is 2.21 bits per heavy atom. The molecular weight excluding hydrogens is 238 g/mol. The third-order valence-electron chi connectivity index (χ3n) is 3.62. The van der Waals surface area contributed by atoms with Crippen LogP contribution in [-0.4, -0.2) is 10.1 Å². The van der Waals surface area contributed by atoms with Gasteiger partial charge in [-0.1, -0.05) is 35.0 Å². The average Bonchev–Trinajstić information content (AvgIpc) is 3.14. The minimum Gasteiger partial charge on any atom is -0.339 e. The molecule has 0 bridgehead atoms. The minimum absolute atomic E-state index is 0.0449. The van der Waals surface area contributed by atoms with Crippen LogP contribution in [-0.2, 0) is 12.8 Å². The lowest BCUT2D eigenvalue weighted by Crippen LogP contribution is -2.14. The molecule has 2 aromatic rings. The summed E-state index contributed by atoms with van der Waals surface area (Å²) in [6.07, 6.45) is 4.07. The summed E-state index contributed by atoms with van der Waals surface area (Å²) in [6.45, 7) is 2.10. The van der Waals surface area contributed by atoms with Gasteiger partial charge in [-0.3, -0.25) is 0 Å². The molecule has 1 aromatic heterocycles. The van der Waals surface area contributed by atoms with Gasteiger partial charge in [0.15, 0.2) is 5.82 Å². The summed E-state index contributed by atoms with van der Waals surface area (Å²) in [6, 6.07) is 8.44. The molecule has 0 radical (unpaired) electrons. The monoisotopic (exact) mass is 257 g/mol. The van der Waals surface area contributed by atoms with Crippen molar-refractivity contribution in [1.82, 2.24) is 10.1 Å². The number of benzene rings is 1. The van der Waals surface area contributed by atoms with Gasteiger partial charge in [0.2, 0.25) is 5.89 Å². The molecule has 1 atom stereocenters. The van der Waals surface area contributed by atoms with E-state index in [1.54, 1.807) is 0 Å². The second kappa shape index (κ2) is 5.13. The van der Waals surface area contributed by atoms with Gasteiger partial charge < -0.3 is 10.3 Å². The molecule has 1 unspecified atom stereocenters. The first-order valence-corrected chi connectivity index (χ1v) is 6.86. The Hall–Kier alpha value is -1.68. The van der Waals surface area contributed by atoms with Crippen molar-refractivity contribution in [2.45, 2.75) is 38.6 Å². The van der Waals surface area contributed by atoms with Crippen molar-refractivity contribution in [2.24, 2.45) is 11.7 Å². The molecule has 4 heteroatoms. The maximum absolute atomic E-state index is 6.06. The summed E-state index contributed by atoms with van der Waals surface area (Å²) < 4.78 is 5.27. The molecule has 0 amide bonds.